The molecule has 90 valence electrons. The first kappa shape index (κ1) is 14.4. The number of methoxy groups -OCH3 is 1. The molecule has 0 saturated carbocycles. The average Bonchev–Trinajstić information content (AvgIpc) is 2.27. The number of ether oxygens (including phenoxy) is 1. The molecule has 0 aromatic carbocycles. The lowest BCUT2D eigenvalue weighted by atomic mass is 10.0. The zero-order chi connectivity index (χ0) is 11.9. The molecule has 0 heterocycles. The Kier molecular flexibility index (Phi) is 6.52. The molecule has 4 nitrogen and oxygen atoms in total. The summed E-state index contributed by atoms with van der Waals surface area (Å²) in [6.45, 7) is 6.08. The maximum absolute atomic E-state index is 11.7. The Bertz CT molecular complexity index is 190. The molecule has 2 atom stereocenters. The topological polar surface area (TPSA) is 58.6 Å². The van der Waals surface area contributed by atoms with Crippen molar-refractivity contribution >= 4 is 5.91 Å². The molecule has 0 rings (SSSR count). The maximum Gasteiger partial charge on any atom is 0.251 e. The van der Waals surface area contributed by atoms with Crippen LogP contribution in [0.4, 0.5) is 0 Å². The lowest BCUT2D eigenvalue weighted by Gasteiger charge is -2.25. The van der Waals surface area contributed by atoms with Gasteiger partial charge in [-0.05, 0) is 26.2 Å². The third kappa shape index (κ3) is 4.62. The highest BCUT2D eigenvalue weighted by Gasteiger charge is 2.30. The number of carbonyl (C=O) groups is 1. The Morgan fingerprint density at radius 3 is 2.53 bits per heavy atom. The zero-order valence-electron chi connectivity index (χ0n) is 10.2. The molecular formula is C11H23NO3. The van der Waals surface area contributed by atoms with Crippen LogP contribution in [0.2, 0.25) is 0 Å². The molecule has 0 fully saturated rings. The van der Waals surface area contributed by atoms with Gasteiger partial charge in [0, 0.05) is 13.7 Å². The molecule has 0 radical (unpaired) electrons. The first-order valence-corrected chi connectivity index (χ1v) is 5.51. The number of hydrogen-bond acceptors (Lipinski definition) is 3. The molecule has 0 aliphatic rings. The Balaban J connectivity index is 3.92. The minimum absolute atomic E-state index is 0.115. The van der Waals surface area contributed by atoms with Crippen LogP contribution in [0.5, 0.6) is 0 Å². The first-order chi connectivity index (χ1) is 7.00. The summed E-state index contributed by atoms with van der Waals surface area (Å²) in [5.41, 5.74) is -0.753. The predicted molar refractivity (Wildman–Crippen MR) is 59.6 cm³/mol. The van der Waals surface area contributed by atoms with E-state index in [-0.39, 0.29) is 12.0 Å². The van der Waals surface area contributed by atoms with Gasteiger partial charge in [-0.1, -0.05) is 13.8 Å². The van der Waals surface area contributed by atoms with Crippen LogP contribution in [0.25, 0.3) is 0 Å². The molecule has 0 saturated heterocycles. The summed E-state index contributed by atoms with van der Waals surface area (Å²) < 4.78 is 5.16. The van der Waals surface area contributed by atoms with Gasteiger partial charge in [0.1, 0.15) is 5.60 Å². The van der Waals surface area contributed by atoms with Gasteiger partial charge in [0.15, 0.2) is 0 Å². The third-order valence-electron chi connectivity index (χ3n) is 2.84. The normalized spacial score (nSPS) is 16.9. The smallest absolute Gasteiger partial charge is 0.251 e. The van der Waals surface area contributed by atoms with Crippen molar-refractivity contribution in [3.8, 4) is 0 Å². The van der Waals surface area contributed by atoms with E-state index in [0.717, 1.165) is 0 Å². The number of rotatable bonds is 7. The van der Waals surface area contributed by atoms with E-state index in [9.17, 15) is 9.90 Å². The number of nitrogens with one attached hydrogen (secondary N) is 1. The van der Waals surface area contributed by atoms with E-state index in [4.69, 9.17) is 4.74 Å². The van der Waals surface area contributed by atoms with Gasteiger partial charge in [0.2, 0.25) is 0 Å². The van der Waals surface area contributed by atoms with Crippen molar-refractivity contribution in [1.29, 1.82) is 0 Å². The Morgan fingerprint density at radius 2 is 2.13 bits per heavy atom. The van der Waals surface area contributed by atoms with Gasteiger partial charge in [0.05, 0.1) is 6.10 Å². The van der Waals surface area contributed by atoms with Crippen molar-refractivity contribution < 1.29 is 14.6 Å². The molecular weight excluding hydrogens is 194 g/mol. The van der Waals surface area contributed by atoms with E-state index in [2.05, 4.69) is 5.32 Å². The number of aliphatic hydroxyl groups is 1. The SMILES string of the molecule is CCC(O)CCNC(=O)C(C)(CC)OC. The van der Waals surface area contributed by atoms with E-state index in [1.165, 1.54) is 7.11 Å². The average molecular weight is 217 g/mol. The van der Waals surface area contributed by atoms with Crippen molar-refractivity contribution in [2.24, 2.45) is 0 Å². The van der Waals surface area contributed by atoms with Gasteiger partial charge in [-0.2, -0.15) is 0 Å². The molecule has 1 amide bonds. The molecule has 0 aliphatic carbocycles. The van der Waals surface area contributed by atoms with E-state index in [1.807, 2.05) is 13.8 Å². The first-order valence-electron chi connectivity index (χ1n) is 5.51. The fraction of sp³-hybridized carbons (Fsp3) is 0.909. The molecule has 4 heteroatoms. The van der Waals surface area contributed by atoms with Gasteiger partial charge in [-0.3, -0.25) is 4.79 Å². The van der Waals surface area contributed by atoms with E-state index >= 15 is 0 Å². The van der Waals surface area contributed by atoms with Crippen LogP contribution in [0, 0.1) is 0 Å². The second-order valence-corrected chi connectivity index (χ2v) is 3.90. The quantitative estimate of drug-likeness (QED) is 0.671. The Hall–Kier alpha value is -0.610. The second kappa shape index (κ2) is 6.80. The number of amides is 1. The Labute approximate surface area is 92.0 Å². The summed E-state index contributed by atoms with van der Waals surface area (Å²) >= 11 is 0. The van der Waals surface area contributed by atoms with Gasteiger partial charge < -0.3 is 15.2 Å². The van der Waals surface area contributed by atoms with Crippen LogP contribution < -0.4 is 5.32 Å². The van der Waals surface area contributed by atoms with Crippen molar-refractivity contribution in [2.45, 2.75) is 51.7 Å². The molecule has 15 heavy (non-hydrogen) atoms. The summed E-state index contributed by atoms with van der Waals surface area (Å²) in [5.74, 6) is -0.115. The van der Waals surface area contributed by atoms with Crippen LogP contribution in [0.3, 0.4) is 0 Å². The molecule has 0 spiro atoms. The molecule has 2 unspecified atom stereocenters. The van der Waals surface area contributed by atoms with E-state index in [1.54, 1.807) is 6.92 Å². The van der Waals surface area contributed by atoms with E-state index in [0.29, 0.717) is 25.8 Å². The summed E-state index contributed by atoms with van der Waals surface area (Å²) in [5, 5.41) is 12.1. The minimum Gasteiger partial charge on any atom is -0.393 e. The van der Waals surface area contributed by atoms with E-state index < -0.39 is 5.60 Å². The molecule has 0 bridgehead atoms. The van der Waals surface area contributed by atoms with Crippen LogP contribution in [0.15, 0.2) is 0 Å². The number of carbonyl (C=O) groups excluding carboxylic acids is 1. The van der Waals surface area contributed by atoms with Crippen LogP contribution in [-0.4, -0.2) is 36.4 Å². The van der Waals surface area contributed by atoms with Gasteiger partial charge >= 0.3 is 0 Å². The highest BCUT2D eigenvalue weighted by molar-refractivity contribution is 5.84. The highest BCUT2D eigenvalue weighted by Crippen LogP contribution is 2.13. The number of aliphatic hydroxyl groups excluding tert-OH is 1. The lowest BCUT2D eigenvalue weighted by Crippen LogP contribution is -2.46. The van der Waals surface area contributed by atoms with Crippen LogP contribution in [-0.2, 0) is 9.53 Å². The van der Waals surface area contributed by atoms with Crippen LogP contribution in [0.1, 0.15) is 40.0 Å². The lowest BCUT2D eigenvalue weighted by molar-refractivity contribution is -0.141. The third-order valence-corrected chi connectivity index (χ3v) is 2.84. The van der Waals surface area contributed by atoms with Crippen molar-refractivity contribution in [3.63, 3.8) is 0 Å². The van der Waals surface area contributed by atoms with Crippen molar-refractivity contribution in [2.75, 3.05) is 13.7 Å². The zero-order valence-corrected chi connectivity index (χ0v) is 10.2. The van der Waals surface area contributed by atoms with Gasteiger partial charge in [-0.15, -0.1) is 0 Å². The largest absolute Gasteiger partial charge is 0.393 e. The Morgan fingerprint density at radius 1 is 1.53 bits per heavy atom. The van der Waals surface area contributed by atoms with Gasteiger partial charge in [-0.25, -0.2) is 0 Å². The van der Waals surface area contributed by atoms with Crippen molar-refractivity contribution in [3.05, 3.63) is 0 Å². The molecule has 0 aliphatic heterocycles. The summed E-state index contributed by atoms with van der Waals surface area (Å²) in [6.07, 6.45) is 1.60. The molecule has 0 aromatic rings. The molecule has 2 N–H and O–H groups in total. The number of hydrogen-bond donors (Lipinski definition) is 2. The highest BCUT2D eigenvalue weighted by atomic mass is 16.5. The fourth-order valence-electron chi connectivity index (χ4n) is 1.14. The standard InChI is InChI=1S/C11H23NO3/c1-5-9(13)7-8-12-10(14)11(3,6-2)15-4/h9,13H,5-8H2,1-4H3,(H,12,14). The summed E-state index contributed by atoms with van der Waals surface area (Å²) in [7, 11) is 1.53. The second-order valence-electron chi connectivity index (χ2n) is 3.90. The minimum atomic E-state index is -0.753. The molecule has 0 aromatic heterocycles. The summed E-state index contributed by atoms with van der Waals surface area (Å²) in [6, 6.07) is 0. The predicted octanol–water partition coefficient (Wildman–Crippen LogP) is 1.08. The van der Waals surface area contributed by atoms with Crippen LogP contribution >= 0.6 is 0 Å². The maximum atomic E-state index is 11.7. The summed E-state index contributed by atoms with van der Waals surface area (Å²) in [4.78, 5) is 11.7. The monoisotopic (exact) mass is 217 g/mol. The fourth-order valence-corrected chi connectivity index (χ4v) is 1.14. The van der Waals surface area contributed by atoms with Gasteiger partial charge in [0.25, 0.3) is 5.91 Å². The van der Waals surface area contributed by atoms with Crippen molar-refractivity contribution in [1.82, 2.24) is 5.32 Å².